The molecule has 3 aromatic rings. The second-order valence-electron chi connectivity index (χ2n) is 6.86. The molecule has 1 aliphatic rings. The SMILES string of the molecule is COc1ccc(CN2CCc3nc(-c4ccncc4)ncc3C2)c(OC)c1OC. The highest BCUT2D eigenvalue weighted by Gasteiger charge is 2.22. The van der Waals surface area contributed by atoms with Crippen molar-refractivity contribution >= 4 is 0 Å². The zero-order valence-corrected chi connectivity index (χ0v) is 16.9. The number of hydrogen-bond donors (Lipinski definition) is 0. The Morgan fingerprint density at radius 1 is 0.966 bits per heavy atom. The summed E-state index contributed by atoms with van der Waals surface area (Å²) in [7, 11) is 4.90. The molecule has 4 rings (SSSR count). The average molecular weight is 392 g/mol. The van der Waals surface area contributed by atoms with Crippen LogP contribution in [-0.2, 0) is 19.5 Å². The van der Waals surface area contributed by atoms with E-state index >= 15 is 0 Å². The van der Waals surface area contributed by atoms with Crippen molar-refractivity contribution in [3.63, 3.8) is 0 Å². The Kier molecular flexibility index (Phi) is 5.57. The Balaban J connectivity index is 1.54. The number of benzene rings is 1. The predicted octanol–water partition coefficient (Wildman–Crippen LogP) is 3.12. The van der Waals surface area contributed by atoms with Gasteiger partial charge < -0.3 is 14.2 Å². The minimum absolute atomic E-state index is 0.621. The summed E-state index contributed by atoms with van der Waals surface area (Å²) in [5.41, 5.74) is 4.32. The van der Waals surface area contributed by atoms with E-state index in [0.717, 1.165) is 54.3 Å². The maximum Gasteiger partial charge on any atom is 0.203 e. The van der Waals surface area contributed by atoms with Gasteiger partial charge in [-0.05, 0) is 18.2 Å². The Hall–Kier alpha value is -3.19. The monoisotopic (exact) mass is 392 g/mol. The summed E-state index contributed by atoms with van der Waals surface area (Å²) in [5, 5.41) is 0. The molecule has 0 aliphatic carbocycles. The zero-order valence-electron chi connectivity index (χ0n) is 16.9. The summed E-state index contributed by atoms with van der Waals surface area (Å²) < 4.78 is 16.5. The van der Waals surface area contributed by atoms with Crippen LogP contribution in [0.1, 0.15) is 16.8 Å². The summed E-state index contributed by atoms with van der Waals surface area (Å²) in [6, 6.07) is 7.80. The first-order valence-corrected chi connectivity index (χ1v) is 9.49. The van der Waals surface area contributed by atoms with Crippen molar-refractivity contribution in [3.05, 3.63) is 59.7 Å². The molecule has 1 aromatic carbocycles. The maximum atomic E-state index is 5.62. The molecular formula is C22H24N4O3. The van der Waals surface area contributed by atoms with Crippen LogP contribution in [0.5, 0.6) is 17.2 Å². The van der Waals surface area contributed by atoms with E-state index in [1.165, 1.54) is 0 Å². The fourth-order valence-corrected chi connectivity index (χ4v) is 3.68. The van der Waals surface area contributed by atoms with Gasteiger partial charge in [0.2, 0.25) is 5.75 Å². The Labute approximate surface area is 170 Å². The first-order valence-electron chi connectivity index (χ1n) is 9.49. The lowest BCUT2D eigenvalue weighted by atomic mass is 10.1. The molecule has 0 atom stereocenters. The number of pyridine rings is 1. The van der Waals surface area contributed by atoms with Crippen molar-refractivity contribution in [2.45, 2.75) is 19.5 Å². The smallest absolute Gasteiger partial charge is 0.203 e. The molecule has 0 bridgehead atoms. The molecule has 7 nitrogen and oxygen atoms in total. The molecule has 29 heavy (non-hydrogen) atoms. The lowest BCUT2D eigenvalue weighted by Gasteiger charge is -2.29. The van der Waals surface area contributed by atoms with E-state index in [1.54, 1.807) is 33.7 Å². The van der Waals surface area contributed by atoms with Crippen LogP contribution in [0.25, 0.3) is 11.4 Å². The van der Waals surface area contributed by atoms with Gasteiger partial charge in [-0.1, -0.05) is 6.07 Å². The van der Waals surface area contributed by atoms with Crippen LogP contribution >= 0.6 is 0 Å². The van der Waals surface area contributed by atoms with Gasteiger partial charge in [0.15, 0.2) is 17.3 Å². The molecule has 0 saturated carbocycles. The highest BCUT2D eigenvalue weighted by Crippen LogP contribution is 2.40. The standard InChI is InChI=1S/C22H24N4O3/c1-27-19-5-4-16(20(28-2)21(19)29-3)13-26-11-8-18-17(14-26)12-24-22(25-18)15-6-9-23-10-7-15/h4-7,9-10,12H,8,11,13-14H2,1-3H3. The Bertz CT molecular complexity index is 995. The van der Waals surface area contributed by atoms with Crippen molar-refractivity contribution in [2.75, 3.05) is 27.9 Å². The number of nitrogens with zero attached hydrogens (tertiary/aromatic N) is 4. The fourth-order valence-electron chi connectivity index (χ4n) is 3.68. The maximum absolute atomic E-state index is 5.62. The van der Waals surface area contributed by atoms with Gasteiger partial charge in [0.25, 0.3) is 0 Å². The van der Waals surface area contributed by atoms with Crippen LogP contribution in [-0.4, -0.2) is 47.7 Å². The lowest BCUT2D eigenvalue weighted by Crippen LogP contribution is -2.31. The van der Waals surface area contributed by atoms with Crippen LogP contribution in [0.15, 0.2) is 42.9 Å². The van der Waals surface area contributed by atoms with Crippen molar-refractivity contribution in [2.24, 2.45) is 0 Å². The third kappa shape index (κ3) is 3.86. The van der Waals surface area contributed by atoms with Gasteiger partial charge in [0, 0.05) is 61.3 Å². The van der Waals surface area contributed by atoms with E-state index in [-0.39, 0.29) is 0 Å². The second-order valence-corrected chi connectivity index (χ2v) is 6.86. The van der Waals surface area contributed by atoms with E-state index in [1.807, 2.05) is 30.5 Å². The van der Waals surface area contributed by atoms with Crippen molar-refractivity contribution < 1.29 is 14.2 Å². The minimum atomic E-state index is 0.621. The number of ether oxygens (including phenoxy) is 3. The van der Waals surface area contributed by atoms with Gasteiger partial charge in [-0.3, -0.25) is 9.88 Å². The van der Waals surface area contributed by atoms with Gasteiger partial charge in [-0.25, -0.2) is 9.97 Å². The van der Waals surface area contributed by atoms with Crippen LogP contribution in [0.3, 0.4) is 0 Å². The molecule has 3 heterocycles. The van der Waals surface area contributed by atoms with Crippen molar-refractivity contribution in [1.82, 2.24) is 19.9 Å². The van der Waals surface area contributed by atoms with E-state index in [9.17, 15) is 0 Å². The van der Waals surface area contributed by atoms with E-state index in [2.05, 4.69) is 14.9 Å². The molecule has 0 saturated heterocycles. The molecule has 0 spiro atoms. The number of fused-ring (bicyclic) bond motifs is 1. The number of rotatable bonds is 6. The summed E-state index contributed by atoms with van der Waals surface area (Å²) in [5.74, 6) is 2.74. The predicted molar refractivity (Wildman–Crippen MR) is 109 cm³/mol. The fraction of sp³-hybridized carbons (Fsp3) is 0.318. The van der Waals surface area contributed by atoms with Crippen molar-refractivity contribution in [3.8, 4) is 28.6 Å². The largest absolute Gasteiger partial charge is 0.493 e. The van der Waals surface area contributed by atoms with Crippen LogP contribution in [0, 0.1) is 0 Å². The number of hydrogen-bond acceptors (Lipinski definition) is 7. The van der Waals surface area contributed by atoms with E-state index < -0.39 is 0 Å². The third-order valence-corrected chi connectivity index (χ3v) is 5.13. The van der Waals surface area contributed by atoms with Crippen LogP contribution < -0.4 is 14.2 Å². The summed E-state index contributed by atoms with van der Waals surface area (Å²) in [4.78, 5) is 15.8. The average Bonchev–Trinajstić information content (AvgIpc) is 2.78. The summed E-state index contributed by atoms with van der Waals surface area (Å²) >= 11 is 0. The summed E-state index contributed by atoms with van der Waals surface area (Å²) in [6.45, 7) is 2.45. The first-order chi connectivity index (χ1) is 14.2. The molecule has 0 unspecified atom stereocenters. The Morgan fingerprint density at radius 2 is 1.76 bits per heavy atom. The van der Waals surface area contributed by atoms with E-state index in [0.29, 0.717) is 17.2 Å². The molecule has 1 aliphatic heterocycles. The molecule has 0 amide bonds. The highest BCUT2D eigenvalue weighted by atomic mass is 16.5. The number of methoxy groups -OCH3 is 3. The number of aromatic nitrogens is 3. The zero-order chi connectivity index (χ0) is 20.2. The lowest BCUT2D eigenvalue weighted by molar-refractivity contribution is 0.237. The van der Waals surface area contributed by atoms with Gasteiger partial charge in [-0.15, -0.1) is 0 Å². The molecule has 2 aromatic heterocycles. The van der Waals surface area contributed by atoms with Crippen molar-refractivity contribution in [1.29, 1.82) is 0 Å². The van der Waals surface area contributed by atoms with Gasteiger partial charge in [-0.2, -0.15) is 0 Å². The second kappa shape index (κ2) is 8.45. The van der Waals surface area contributed by atoms with Gasteiger partial charge >= 0.3 is 0 Å². The topological polar surface area (TPSA) is 69.6 Å². The van der Waals surface area contributed by atoms with E-state index in [4.69, 9.17) is 19.2 Å². The van der Waals surface area contributed by atoms with Crippen LogP contribution in [0.4, 0.5) is 0 Å². The molecule has 0 N–H and O–H groups in total. The van der Waals surface area contributed by atoms with Crippen LogP contribution in [0.2, 0.25) is 0 Å². The quantitative estimate of drug-likeness (QED) is 0.638. The molecule has 0 fully saturated rings. The normalized spacial score (nSPS) is 13.6. The first kappa shape index (κ1) is 19.1. The minimum Gasteiger partial charge on any atom is -0.493 e. The third-order valence-electron chi connectivity index (χ3n) is 5.13. The Morgan fingerprint density at radius 3 is 2.48 bits per heavy atom. The van der Waals surface area contributed by atoms with Gasteiger partial charge in [0.1, 0.15) is 0 Å². The molecule has 7 heteroatoms. The molecular weight excluding hydrogens is 368 g/mol. The summed E-state index contributed by atoms with van der Waals surface area (Å²) in [6.07, 6.45) is 6.34. The highest BCUT2D eigenvalue weighted by molar-refractivity contribution is 5.56. The van der Waals surface area contributed by atoms with Gasteiger partial charge in [0.05, 0.1) is 27.0 Å². The molecule has 0 radical (unpaired) electrons. The molecule has 150 valence electrons.